The van der Waals surface area contributed by atoms with Gasteiger partial charge in [0, 0.05) is 5.56 Å². The molecule has 0 atom stereocenters. The van der Waals surface area contributed by atoms with Crippen LogP contribution in [0.15, 0.2) is 36.4 Å². The van der Waals surface area contributed by atoms with E-state index in [1.54, 1.807) is 6.07 Å². The molecule has 1 amide bonds. The van der Waals surface area contributed by atoms with E-state index in [0.717, 1.165) is 17.7 Å². The summed E-state index contributed by atoms with van der Waals surface area (Å²) in [7, 11) is 1.51. The van der Waals surface area contributed by atoms with Crippen LogP contribution in [0.1, 0.15) is 11.1 Å². The molecule has 0 heterocycles. The fourth-order valence-corrected chi connectivity index (χ4v) is 2.39. The van der Waals surface area contributed by atoms with E-state index in [2.05, 4.69) is 5.32 Å². The number of ether oxygens (including phenoxy) is 2. The molecule has 7 heteroatoms. The summed E-state index contributed by atoms with van der Waals surface area (Å²) >= 11 is 5.82. The topological polar surface area (TPSA) is 64.6 Å². The summed E-state index contributed by atoms with van der Waals surface area (Å²) in [5, 5.41) is 2.51. The zero-order valence-corrected chi connectivity index (χ0v) is 14.5. The van der Waals surface area contributed by atoms with Crippen LogP contribution in [0, 0.1) is 12.7 Å². The maximum atomic E-state index is 13.0. The molecule has 25 heavy (non-hydrogen) atoms. The standard InChI is InChI=1S/C18H17ClFNO4/c1-11-3-6-16(24-2)12(7-11)8-18(23)25-10-17(22)21-15-5-4-13(20)9-14(15)19/h3-7,9H,8,10H2,1-2H3,(H,21,22). The van der Waals surface area contributed by atoms with Crippen molar-refractivity contribution >= 4 is 29.2 Å². The summed E-state index contributed by atoms with van der Waals surface area (Å²) < 4.78 is 23.1. The molecule has 0 radical (unpaired) electrons. The van der Waals surface area contributed by atoms with Crippen molar-refractivity contribution in [2.45, 2.75) is 13.3 Å². The van der Waals surface area contributed by atoms with Gasteiger partial charge in [-0.2, -0.15) is 0 Å². The number of hydrogen-bond acceptors (Lipinski definition) is 4. The van der Waals surface area contributed by atoms with E-state index in [0.29, 0.717) is 11.3 Å². The van der Waals surface area contributed by atoms with Crippen molar-refractivity contribution in [1.29, 1.82) is 0 Å². The van der Waals surface area contributed by atoms with E-state index in [4.69, 9.17) is 21.1 Å². The van der Waals surface area contributed by atoms with Gasteiger partial charge in [-0.15, -0.1) is 0 Å². The number of nitrogens with one attached hydrogen (secondary N) is 1. The van der Waals surface area contributed by atoms with Crippen LogP contribution in [0.25, 0.3) is 0 Å². The number of methoxy groups -OCH3 is 1. The van der Waals surface area contributed by atoms with Gasteiger partial charge in [0.15, 0.2) is 6.61 Å². The third-order valence-electron chi connectivity index (χ3n) is 3.34. The molecule has 0 fully saturated rings. The highest BCUT2D eigenvalue weighted by molar-refractivity contribution is 6.33. The van der Waals surface area contributed by atoms with E-state index in [9.17, 15) is 14.0 Å². The lowest BCUT2D eigenvalue weighted by Gasteiger charge is -2.10. The van der Waals surface area contributed by atoms with Crippen molar-refractivity contribution in [3.05, 3.63) is 58.4 Å². The predicted octanol–water partition coefficient (Wildman–Crippen LogP) is 3.52. The quantitative estimate of drug-likeness (QED) is 0.795. The minimum Gasteiger partial charge on any atom is -0.496 e. The molecule has 2 rings (SSSR count). The van der Waals surface area contributed by atoms with Gasteiger partial charge in [0.05, 0.1) is 24.2 Å². The molecule has 5 nitrogen and oxygen atoms in total. The van der Waals surface area contributed by atoms with Gasteiger partial charge < -0.3 is 14.8 Å². The summed E-state index contributed by atoms with van der Waals surface area (Å²) in [5.74, 6) is -1.08. The van der Waals surface area contributed by atoms with Crippen LogP contribution in [-0.4, -0.2) is 25.6 Å². The van der Waals surface area contributed by atoms with Crippen LogP contribution in [0.3, 0.4) is 0 Å². The Morgan fingerprint density at radius 2 is 1.96 bits per heavy atom. The third-order valence-corrected chi connectivity index (χ3v) is 3.65. The Labute approximate surface area is 149 Å². The number of halogens is 2. The van der Waals surface area contributed by atoms with Crippen molar-refractivity contribution in [1.82, 2.24) is 0 Å². The van der Waals surface area contributed by atoms with Gasteiger partial charge in [0.25, 0.3) is 5.91 Å². The van der Waals surface area contributed by atoms with Crippen LogP contribution >= 0.6 is 11.6 Å². The van der Waals surface area contributed by atoms with Gasteiger partial charge in [0.2, 0.25) is 0 Å². The lowest BCUT2D eigenvalue weighted by Crippen LogP contribution is -2.22. The van der Waals surface area contributed by atoms with E-state index in [1.807, 2.05) is 19.1 Å². The second-order valence-electron chi connectivity index (χ2n) is 5.33. The van der Waals surface area contributed by atoms with E-state index in [1.165, 1.54) is 13.2 Å². The molecule has 0 spiro atoms. The largest absolute Gasteiger partial charge is 0.496 e. The Kier molecular flexibility index (Phi) is 6.36. The molecule has 2 aromatic rings. The van der Waals surface area contributed by atoms with Gasteiger partial charge in [-0.3, -0.25) is 9.59 Å². The number of esters is 1. The van der Waals surface area contributed by atoms with Crippen LogP contribution in [0.2, 0.25) is 5.02 Å². The molecule has 0 aliphatic carbocycles. The Balaban J connectivity index is 1.89. The summed E-state index contributed by atoms with van der Waals surface area (Å²) in [6.45, 7) is 1.43. The number of anilines is 1. The number of amides is 1. The molecule has 2 aromatic carbocycles. The normalized spacial score (nSPS) is 10.2. The SMILES string of the molecule is COc1ccc(C)cc1CC(=O)OCC(=O)Nc1ccc(F)cc1Cl. The minimum absolute atomic E-state index is 0.0184. The number of carbonyl (C=O) groups is 2. The highest BCUT2D eigenvalue weighted by Gasteiger charge is 2.13. The number of aryl methyl sites for hydroxylation is 1. The highest BCUT2D eigenvalue weighted by atomic mass is 35.5. The summed E-state index contributed by atoms with van der Waals surface area (Å²) in [4.78, 5) is 23.7. The number of benzene rings is 2. The molecule has 132 valence electrons. The second-order valence-corrected chi connectivity index (χ2v) is 5.73. The molecule has 0 bridgehead atoms. The van der Waals surface area contributed by atoms with E-state index >= 15 is 0 Å². The number of rotatable bonds is 6. The van der Waals surface area contributed by atoms with Crippen LogP contribution in [-0.2, 0) is 20.7 Å². The first-order valence-corrected chi connectivity index (χ1v) is 7.81. The molecular weight excluding hydrogens is 349 g/mol. The van der Waals surface area contributed by atoms with Crippen molar-refractivity contribution < 1.29 is 23.5 Å². The van der Waals surface area contributed by atoms with Gasteiger partial charge in [-0.05, 0) is 31.2 Å². The van der Waals surface area contributed by atoms with E-state index < -0.39 is 24.3 Å². The van der Waals surface area contributed by atoms with Crippen molar-refractivity contribution in [3.8, 4) is 5.75 Å². The van der Waals surface area contributed by atoms with Crippen molar-refractivity contribution in [2.24, 2.45) is 0 Å². The van der Waals surface area contributed by atoms with Crippen LogP contribution < -0.4 is 10.1 Å². The van der Waals surface area contributed by atoms with Crippen molar-refractivity contribution in [3.63, 3.8) is 0 Å². The zero-order chi connectivity index (χ0) is 18.4. The first-order valence-electron chi connectivity index (χ1n) is 7.43. The van der Waals surface area contributed by atoms with Gasteiger partial charge in [-0.1, -0.05) is 29.3 Å². The fourth-order valence-electron chi connectivity index (χ4n) is 2.18. The molecule has 0 aromatic heterocycles. The van der Waals surface area contributed by atoms with E-state index in [-0.39, 0.29) is 17.1 Å². The summed E-state index contributed by atoms with van der Waals surface area (Å²) in [5.41, 5.74) is 1.89. The Bertz CT molecular complexity index is 795. The van der Waals surface area contributed by atoms with Crippen molar-refractivity contribution in [2.75, 3.05) is 19.0 Å². The Morgan fingerprint density at radius 1 is 1.20 bits per heavy atom. The third kappa shape index (κ3) is 5.46. The second kappa shape index (κ2) is 8.48. The monoisotopic (exact) mass is 365 g/mol. The molecular formula is C18H17ClFNO4. The molecule has 0 saturated carbocycles. The highest BCUT2D eigenvalue weighted by Crippen LogP contribution is 2.22. The zero-order valence-electron chi connectivity index (χ0n) is 13.8. The smallest absolute Gasteiger partial charge is 0.310 e. The molecule has 0 aliphatic rings. The average Bonchev–Trinajstić information content (AvgIpc) is 2.56. The minimum atomic E-state index is -0.571. The van der Waals surface area contributed by atoms with Gasteiger partial charge in [0.1, 0.15) is 11.6 Å². The molecule has 0 aliphatic heterocycles. The lowest BCUT2D eigenvalue weighted by molar-refractivity contribution is -0.146. The fraction of sp³-hybridized carbons (Fsp3) is 0.222. The Morgan fingerprint density at radius 3 is 2.64 bits per heavy atom. The first kappa shape index (κ1) is 18.7. The predicted molar refractivity (Wildman–Crippen MR) is 92.4 cm³/mol. The number of carbonyl (C=O) groups excluding carboxylic acids is 2. The maximum absolute atomic E-state index is 13.0. The van der Waals surface area contributed by atoms with Crippen LogP contribution in [0.4, 0.5) is 10.1 Å². The van der Waals surface area contributed by atoms with Gasteiger partial charge >= 0.3 is 5.97 Å². The first-order chi connectivity index (χ1) is 11.9. The number of hydrogen-bond donors (Lipinski definition) is 1. The average molecular weight is 366 g/mol. The lowest BCUT2D eigenvalue weighted by atomic mass is 10.1. The molecule has 0 unspecified atom stereocenters. The molecule has 0 saturated heterocycles. The maximum Gasteiger partial charge on any atom is 0.310 e. The summed E-state index contributed by atoms with van der Waals surface area (Å²) in [6.07, 6.45) is -0.0184. The van der Waals surface area contributed by atoms with Crippen LogP contribution in [0.5, 0.6) is 5.75 Å². The Hall–Kier alpha value is -2.60. The van der Waals surface area contributed by atoms with Gasteiger partial charge in [-0.25, -0.2) is 4.39 Å². The molecule has 1 N–H and O–H groups in total. The summed E-state index contributed by atoms with van der Waals surface area (Å²) in [6, 6.07) is 9.02.